The second-order valence-corrected chi connectivity index (χ2v) is 6.24. The predicted octanol–water partition coefficient (Wildman–Crippen LogP) is 1.57. The van der Waals surface area contributed by atoms with Gasteiger partial charge in [-0.15, -0.1) is 5.10 Å². The van der Waals surface area contributed by atoms with Gasteiger partial charge >= 0.3 is 6.01 Å². The van der Waals surface area contributed by atoms with Gasteiger partial charge < -0.3 is 19.4 Å². The number of morpholine rings is 1. The smallest absolute Gasteiger partial charge is 0.318 e. The molecule has 6 heteroatoms. The molecule has 1 saturated heterocycles. The van der Waals surface area contributed by atoms with E-state index in [9.17, 15) is 0 Å². The highest BCUT2D eigenvalue weighted by Crippen LogP contribution is 2.19. The number of rotatable bonds is 3. The van der Waals surface area contributed by atoms with E-state index in [1.807, 2.05) is 0 Å². The van der Waals surface area contributed by atoms with Crippen molar-refractivity contribution >= 4 is 6.01 Å². The Kier molecular flexibility index (Phi) is 4.10. The Labute approximate surface area is 114 Å². The lowest BCUT2D eigenvalue weighted by molar-refractivity contribution is -0.00676. The Morgan fingerprint density at radius 1 is 1.21 bits per heavy atom. The van der Waals surface area contributed by atoms with Gasteiger partial charge in [-0.25, -0.2) is 0 Å². The van der Waals surface area contributed by atoms with Gasteiger partial charge in [-0.05, 0) is 34.6 Å². The zero-order valence-corrected chi connectivity index (χ0v) is 12.4. The zero-order chi connectivity index (χ0) is 14.0. The van der Waals surface area contributed by atoms with Crippen molar-refractivity contribution in [3.05, 3.63) is 5.89 Å². The van der Waals surface area contributed by atoms with Crippen molar-refractivity contribution in [3.8, 4) is 0 Å². The number of anilines is 1. The van der Waals surface area contributed by atoms with E-state index in [-0.39, 0.29) is 17.7 Å². The monoisotopic (exact) mass is 268 g/mol. The number of nitrogens with one attached hydrogen (secondary N) is 1. The lowest BCUT2D eigenvalue weighted by atomic mass is 10.1. The molecule has 2 rings (SSSR count). The largest absolute Gasteiger partial charge is 0.407 e. The molecule has 0 unspecified atom stereocenters. The second kappa shape index (κ2) is 5.46. The van der Waals surface area contributed by atoms with Crippen molar-refractivity contribution in [1.29, 1.82) is 0 Å². The minimum atomic E-state index is 0.0383. The molecule has 1 N–H and O–H groups in total. The van der Waals surface area contributed by atoms with Gasteiger partial charge in [0.2, 0.25) is 5.89 Å². The molecule has 1 aromatic rings. The van der Waals surface area contributed by atoms with E-state index in [4.69, 9.17) is 9.15 Å². The van der Waals surface area contributed by atoms with Crippen molar-refractivity contribution in [1.82, 2.24) is 15.5 Å². The molecule has 1 aromatic heterocycles. The third-order valence-electron chi connectivity index (χ3n) is 2.92. The van der Waals surface area contributed by atoms with E-state index in [0.717, 1.165) is 13.1 Å². The van der Waals surface area contributed by atoms with Gasteiger partial charge in [-0.2, -0.15) is 0 Å². The predicted molar refractivity (Wildman–Crippen MR) is 73.1 cm³/mol. The summed E-state index contributed by atoms with van der Waals surface area (Å²) in [4.78, 5) is 2.09. The average Bonchev–Trinajstić information content (AvgIpc) is 2.72. The van der Waals surface area contributed by atoms with E-state index < -0.39 is 0 Å². The molecular formula is C13H24N4O2. The van der Waals surface area contributed by atoms with E-state index in [1.54, 1.807) is 0 Å². The third kappa shape index (κ3) is 4.18. The molecule has 19 heavy (non-hydrogen) atoms. The zero-order valence-electron chi connectivity index (χ0n) is 12.4. The summed E-state index contributed by atoms with van der Waals surface area (Å²) in [6.45, 7) is 12.6. The number of aromatic nitrogens is 2. The van der Waals surface area contributed by atoms with E-state index in [0.29, 0.717) is 18.5 Å². The molecule has 0 aromatic carbocycles. The first kappa shape index (κ1) is 14.3. The molecule has 0 amide bonds. The highest BCUT2D eigenvalue weighted by Gasteiger charge is 2.26. The first-order valence-corrected chi connectivity index (χ1v) is 6.81. The molecule has 6 nitrogen and oxygen atoms in total. The first-order valence-electron chi connectivity index (χ1n) is 6.81. The lowest BCUT2D eigenvalue weighted by Crippen LogP contribution is -2.45. The van der Waals surface area contributed by atoms with Crippen LogP contribution in [0.3, 0.4) is 0 Å². The average molecular weight is 268 g/mol. The van der Waals surface area contributed by atoms with Crippen LogP contribution in [0.15, 0.2) is 4.42 Å². The summed E-state index contributed by atoms with van der Waals surface area (Å²) in [5.41, 5.74) is 0.0383. The highest BCUT2D eigenvalue weighted by molar-refractivity contribution is 5.25. The summed E-state index contributed by atoms with van der Waals surface area (Å²) in [6, 6.07) is 0.590. The number of ether oxygens (including phenoxy) is 1. The first-order chi connectivity index (χ1) is 8.83. The molecule has 1 aliphatic heterocycles. The molecule has 1 fully saturated rings. The van der Waals surface area contributed by atoms with Crippen LogP contribution in [0.5, 0.6) is 0 Å². The SMILES string of the molecule is C[C@@H]1CN(c2nnc(CNC(C)(C)C)o2)C[C@H](C)O1. The van der Waals surface area contributed by atoms with Gasteiger partial charge in [0.15, 0.2) is 0 Å². The summed E-state index contributed by atoms with van der Waals surface area (Å²) >= 11 is 0. The summed E-state index contributed by atoms with van der Waals surface area (Å²) in [5, 5.41) is 11.5. The molecule has 1 aliphatic rings. The highest BCUT2D eigenvalue weighted by atomic mass is 16.5. The Morgan fingerprint density at radius 2 is 1.84 bits per heavy atom. The Morgan fingerprint density at radius 3 is 2.42 bits per heavy atom. The Bertz CT molecular complexity index is 403. The van der Waals surface area contributed by atoms with E-state index in [2.05, 4.69) is 55.0 Å². The molecule has 0 bridgehead atoms. The van der Waals surface area contributed by atoms with Crippen molar-refractivity contribution in [2.24, 2.45) is 0 Å². The fraction of sp³-hybridized carbons (Fsp3) is 0.846. The van der Waals surface area contributed by atoms with Crippen LogP contribution < -0.4 is 10.2 Å². The standard InChI is InChI=1S/C13H24N4O2/c1-9-7-17(8-10(2)18-9)12-16-15-11(19-12)6-14-13(3,4)5/h9-10,14H,6-8H2,1-5H3/t9-,10+. The lowest BCUT2D eigenvalue weighted by Gasteiger charge is -2.33. The van der Waals surface area contributed by atoms with Gasteiger partial charge in [0.1, 0.15) is 0 Å². The van der Waals surface area contributed by atoms with Gasteiger partial charge in [0.25, 0.3) is 0 Å². The number of hydrogen-bond donors (Lipinski definition) is 1. The van der Waals surface area contributed by atoms with Crippen LogP contribution in [0, 0.1) is 0 Å². The molecule has 0 radical (unpaired) electrons. The topological polar surface area (TPSA) is 63.4 Å². The van der Waals surface area contributed by atoms with Crippen molar-refractivity contribution in [2.75, 3.05) is 18.0 Å². The normalized spacial score (nSPS) is 24.8. The summed E-state index contributed by atoms with van der Waals surface area (Å²) in [7, 11) is 0. The molecule has 0 aliphatic carbocycles. The minimum Gasteiger partial charge on any atom is -0.407 e. The third-order valence-corrected chi connectivity index (χ3v) is 2.92. The van der Waals surface area contributed by atoms with Crippen LogP contribution in [-0.2, 0) is 11.3 Å². The van der Waals surface area contributed by atoms with E-state index >= 15 is 0 Å². The number of hydrogen-bond acceptors (Lipinski definition) is 6. The fourth-order valence-electron chi connectivity index (χ4n) is 2.12. The second-order valence-electron chi connectivity index (χ2n) is 6.24. The maximum absolute atomic E-state index is 5.70. The quantitative estimate of drug-likeness (QED) is 0.898. The van der Waals surface area contributed by atoms with Crippen molar-refractivity contribution in [3.63, 3.8) is 0 Å². The Balaban J connectivity index is 1.96. The van der Waals surface area contributed by atoms with Crippen LogP contribution in [0.1, 0.15) is 40.5 Å². The van der Waals surface area contributed by atoms with Gasteiger partial charge in [0.05, 0.1) is 18.8 Å². The van der Waals surface area contributed by atoms with Gasteiger partial charge in [-0.3, -0.25) is 0 Å². The van der Waals surface area contributed by atoms with Crippen LogP contribution in [0.2, 0.25) is 0 Å². The summed E-state index contributed by atoms with van der Waals surface area (Å²) < 4.78 is 11.4. The van der Waals surface area contributed by atoms with Gasteiger partial charge in [-0.1, -0.05) is 5.10 Å². The molecular weight excluding hydrogens is 244 g/mol. The van der Waals surface area contributed by atoms with Gasteiger partial charge in [0, 0.05) is 18.6 Å². The van der Waals surface area contributed by atoms with Crippen LogP contribution in [0.25, 0.3) is 0 Å². The maximum Gasteiger partial charge on any atom is 0.318 e. The summed E-state index contributed by atoms with van der Waals surface area (Å²) in [5.74, 6) is 0.622. The minimum absolute atomic E-state index is 0.0383. The van der Waals surface area contributed by atoms with Crippen LogP contribution in [-0.4, -0.2) is 41.0 Å². The maximum atomic E-state index is 5.70. The van der Waals surface area contributed by atoms with Crippen molar-refractivity contribution < 1.29 is 9.15 Å². The van der Waals surface area contributed by atoms with Crippen LogP contribution >= 0.6 is 0 Å². The van der Waals surface area contributed by atoms with Crippen molar-refractivity contribution in [2.45, 2.75) is 58.9 Å². The molecule has 2 atom stereocenters. The summed E-state index contributed by atoms with van der Waals surface area (Å²) in [6.07, 6.45) is 0.374. The number of nitrogens with zero attached hydrogens (tertiary/aromatic N) is 3. The molecule has 0 saturated carbocycles. The Hall–Kier alpha value is -1.14. The van der Waals surface area contributed by atoms with Crippen LogP contribution in [0.4, 0.5) is 6.01 Å². The van der Waals surface area contributed by atoms with E-state index in [1.165, 1.54) is 0 Å². The fourth-order valence-corrected chi connectivity index (χ4v) is 2.12. The molecule has 108 valence electrons. The molecule has 0 spiro atoms. The molecule has 2 heterocycles.